The van der Waals surface area contributed by atoms with Crippen LogP contribution >= 0.6 is 22.7 Å². The SMILES string of the molecule is O=C(/C=C\c1cccs1)NCCCN1CCN(CCCNC(=O)/C=C/c2cccs2)CC1. The van der Waals surface area contributed by atoms with E-state index in [0.29, 0.717) is 13.1 Å². The lowest BCUT2D eigenvalue weighted by Crippen LogP contribution is -2.47. The number of nitrogens with one attached hydrogen (secondary N) is 2. The van der Waals surface area contributed by atoms with Crippen LogP contribution < -0.4 is 10.6 Å². The Kier molecular flexibility index (Phi) is 10.7. The van der Waals surface area contributed by atoms with E-state index >= 15 is 0 Å². The topological polar surface area (TPSA) is 64.7 Å². The highest BCUT2D eigenvalue weighted by Crippen LogP contribution is 2.10. The molecule has 32 heavy (non-hydrogen) atoms. The molecule has 3 heterocycles. The second kappa shape index (κ2) is 14.0. The molecule has 0 bridgehead atoms. The van der Waals surface area contributed by atoms with Gasteiger partial charge in [0.2, 0.25) is 11.8 Å². The van der Waals surface area contributed by atoms with Crippen molar-refractivity contribution in [2.75, 3.05) is 52.4 Å². The van der Waals surface area contributed by atoms with E-state index in [-0.39, 0.29) is 11.8 Å². The van der Waals surface area contributed by atoms with Crippen LogP contribution in [0.3, 0.4) is 0 Å². The first kappa shape index (κ1) is 24.4. The van der Waals surface area contributed by atoms with Crippen molar-refractivity contribution < 1.29 is 9.59 Å². The fourth-order valence-corrected chi connectivity index (χ4v) is 4.71. The minimum Gasteiger partial charge on any atom is -0.353 e. The normalized spacial score (nSPS) is 15.5. The Balaban J connectivity index is 1.17. The maximum atomic E-state index is 11.8. The number of carbonyl (C=O) groups is 2. The molecule has 2 amide bonds. The van der Waals surface area contributed by atoms with Crippen LogP contribution in [0.4, 0.5) is 0 Å². The fraction of sp³-hybridized carbons (Fsp3) is 0.417. The van der Waals surface area contributed by atoms with E-state index < -0.39 is 0 Å². The molecule has 8 heteroatoms. The third-order valence-corrected chi connectivity index (χ3v) is 6.93. The van der Waals surface area contributed by atoms with Crippen molar-refractivity contribution >= 4 is 46.6 Å². The van der Waals surface area contributed by atoms with Crippen LogP contribution in [0.25, 0.3) is 12.2 Å². The molecule has 3 rings (SSSR count). The monoisotopic (exact) mass is 472 g/mol. The zero-order chi connectivity index (χ0) is 22.4. The molecule has 0 spiro atoms. The quantitative estimate of drug-likeness (QED) is 0.368. The van der Waals surface area contributed by atoms with Crippen LogP contribution in [0.15, 0.2) is 47.2 Å². The van der Waals surface area contributed by atoms with Crippen molar-refractivity contribution in [2.45, 2.75) is 12.8 Å². The molecule has 1 aliphatic rings. The summed E-state index contributed by atoms with van der Waals surface area (Å²) in [4.78, 5) is 30.8. The Morgan fingerprint density at radius 2 is 1.22 bits per heavy atom. The second-order valence-electron chi connectivity index (χ2n) is 7.67. The van der Waals surface area contributed by atoms with Gasteiger partial charge >= 0.3 is 0 Å². The van der Waals surface area contributed by atoms with E-state index in [2.05, 4.69) is 20.4 Å². The summed E-state index contributed by atoms with van der Waals surface area (Å²) < 4.78 is 0. The molecular weight excluding hydrogens is 440 g/mol. The summed E-state index contributed by atoms with van der Waals surface area (Å²) in [6, 6.07) is 7.95. The standard InChI is InChI=1S/C24H32N4O2S2/c29-23(9-7-21-5-1-19-31-21)25-11-3-13-27-15-17-28(18-16-27)14-4-12-26-24(30)10-8-22-6-2-20-32-22/h1-2,5-10,19-20H,3-4,11-18H2,(H,25,29)(H,26,30)/b9-7-,10-8+. The average molecular weight is 473 g/mol. The molecule has 0 unspecified atom stereocenters. The zero-order valence-electron chi connectivity index (χ0n) is 18.4. The molecule has 0 saturated carbocycles. The van der Waals surface area contributed by atoms with Gasteiger partial charge in [0, 0.05) is 61.2 Å². The van der Waals surface area contributed by atoms with Crippen LogP contribution in [0.5, 0.6) is 0 Å². The van der Waals surface area contributed by atoms with Crippen LogP contribution in [0.2, 0.25) is 0 Å². The summed E-state index contributed by atoms with van der Waals surface area (Å²) in [5.41, 5.74) is 0. The summed E-state index contributed by atoms with van der Waals surface area (Å²) in [5.74, 6) is -0.0605. The molecule has 0 atom stereocenters. The van der Waals surface area contributed by atoms with E-state index in [4.69, 9.17) is 0 Å². The predicted octanol–water partition coefficient (Wildman–Crippen LogP) is 3.17. The van der Waals surface area contributed by atoms with Gasteiger partial charge in [-0.05, 0) is 61.0 Å². The van der Waals surface area contributed by atoms with Crippen molar-refractivity contribution in [3.05, 3.63) is 56.9 Å². The summed E-state index contributed by atoms with van der Waals surface area (Å²) in [5, 5.41) is 9.92. The number of hydrogen-bond donors (Lipinski definition) is 2. The van der Waals surface area contributed by atoms with Gasteiger partial charge in [-0.3, -0.25) is 9.59 Å². The fourth-order valence-electron chi connectivity index (χ4n) is 3.47. The highest BCUT2D eigenvalue weighted by Gasteiger charge is 2.15. The number of nitrogens with zero attached hydrogens (tertiary/aromatic N) is 2. The Hall–Kier alpha value is -2.26. The van der Waals surface area contributed by atoms with Gasteiger partial charge in [0.15, 0.2) is 0 Å². The number of thiophene rings is 2. The average Bonchev–Trinajstić information content (AvgIpc) is 3.52. The second-order valence-corrected chi connectivity index (χ2v) is 9.63. The molecule has 2 aromatic heterocycles. The van der Waals surface area contributed by atoms with Gasteiger partial charge in [-0.2, -0.15) is 0 Å². The van der Waals surface area contributed by atoms with Crippen LogP contribution in [0, 0.1) is 0 Å². The molecule has 1 saturated heterocycles. The minimum atomic E-state index is -0.0303. The minimum absolute atomic E-state index is 0.0303. The van der Waals surface area contributed by atoms with Gasteiger partial charge in [-0.1, -0.05) is 12.1 Å². The van der Waals surface area contributed by atoms with E-state index in [1.165, 1.54) is 0 Å². The van der Waals surface area contributed by atoms with Gasteiger partial charge in [0.05, 0.1) is 0 Å². The maximum Gasteiger partial charge on any atom is 0.244 e. The number of rotatable bonds is 12. The number of hydrogen-bond acceptors (Lipinski definition) is 6. The molecule has 0 aliphatic carbocycles. The molecule has 2 N–H and O–H groups in total. The van der Waals surface area contributed by atoms with Gasteiger partial charge in [0.25, 0.3) is 0 Å². The molecule has 6 nitrogen and oxygen atoms in total. The van der Waals surface area contributed by atoms with Gasteiger partial charge in [-0.15, -0.1) is 22.7 Å². The third kappa shape index (κ3) is 9.48. The number of piperazine rings is 1. The first-order valence-corrected chi connectivity index (χ1v) is 12.9. The van der Waals surface area contributed by atoms with E-state index in [0.717, 1.165) is 61.9 Å². The number of amides is 2. The molecule has 0 aromatic carbocycles. The molecule has 1 aliphatic heterocycles. The van der Waals surface area contributed by atoms with Crippen LogP contribution in [-0.2, 0) is 9.59 Å². The van der Waals surface area contributed by atoms with Crippen molar-refractivity contribution in [1.82, 2.24) is 20.4 Å². The Labute approximate surface area is 198 Å². The molecule has 2 aromatic rings. The molecular formula is C24H32N4O2S2. The van der Waals surface area contributed by atoms with Crippen molar-refractivity contribution in [3.63, 3.8) is 0 Å². The van der Waals surface area contributed by atoms with Crippen molar-refractivity contribution in [3.8, 4) is 0 Å². The van der Waals surface area contributed by atoms with E-state index in [9.17, 15) is 9.59 Å². The van der Waals surface area contributed by atoms with Crippen molar-refractivity contribution in [1.29, 1.82) is 0 Å². The summed E-state index contributed by atoms with van der Waals surface area (Å²) >= 11 is 3.25. The van der Waals surface area contributed by atoms with Gasteiger partial charge in [-0.25, -0.2) is 0 Å². The van der Waals surface area contributed by atoms with Crippen molar-refractivity contribution in [2.24, 2.45) is 0 Å². The zero-order valence-corrected chi connectivity index (χ0v) is 20.0. The summed E-state index contributed by atoms with van der Waals surface area (Å²) in [7, 11) is 0. The first-order valence-electron chi connectivity index (χ1n) is 11.1. The largest absolute Gasteiger partial charge is 0.353 e. The highest BCUT2D eigenvalue weighted by molar-refractivity contribution is 7.11. The third-order valence-electron chi connectivity index (χ3n) is 5.25. The Morgan fingerprint density at radius 3 is 1.59 bits per heavy atom. The Morgan fingerprint density at radius 1 is 0.781 bits per heavy atom. The highest BCUT2D eigenvalue weighted by atomic mass is 32.1. The van der Waals surface area contributed by atoms with E-state index in [1.54, 1.807) is 34.8 Å². The van der Waals surface area contributed by atoms with Crippen LogP contribution in [0.1, 0.15) is 22.6 Å². The number of carbonyl (C=O) groups excluding carboxylic acids is 2. The summed E-state index contributed by atoms with van der Waals surface area (Å²) in [6.45, 7) is 7.66. The lowest BCUT2D eigenvalue weighted by molar-refractivity contribution is -0.117. The first-order chi connectivity index (χ1) is 15.7. The Bertz CT molecular complexity index is 782. The molecule has 0 radical (unpaired) electrons. The molecule has 1 fully saturated rings. The predicted molar refractivity (Wildman–Crippen MR) is 135 cm³/mol. The smallest absolute Gasteiger partial charge is 0.244 e. The van der Waals surface area contributed by atoms with Crippen LogP contribution in [-0.4, -0.2) is 74.0 Å². The van der Waals surface area contributed by atoms with Gasteiger partial charge < -0.3 is 20.4 Å². The lowest BCUT2D eigenvalue weighted by atomic mass is 10.2. The van der Waals surface area contributed by atoms with Gasteiger partial charge in [0.1, 0.15) is 0 Å². The molecule has 172 valence electrons. The maximum absolute atomic E-state index is 11.8. The lowest BCUT2D eigenvalue weighted by Gasteiger charge is -2.34. The summed E-state index contributed by atoms with van der Waals surface area (Å²) in [6.07, 6.45) is 8.84. The van der Waals surface area contributed by atoms with E-state index in [1.807, 2.05) is 47.2 Å².